The van der Waals surface area contributed by atoms with Gasteiger partial charge in [0.15, 0.2) is 5.78 Å². The van der Waals surface area contributed by atoms with Gasteiger partial charge >= 0.3 is 0 Å². The summed E-state index contributed by atoms with van der Waals surface area (Å²) in [7, 11) is -2.21. The highest BCUT2D eigenvalue weighted by atomic mass is 127. The number of carbonyl (C=O) groups is 1. The van der Waals surface area contributed by atoms with E-state index in [1.54, 1.807) is 29.6 Å². The van der Waals surface area contributed by atoms with Crippen molar-refractivity contribution in [2.24, 2.45) is 4.99 Å². The number of thiophene rings is 1. The molecule has 0 saturated carbocycles. The van der Waals surface area contributed by atoms with Crippen molar-refractivity contribution in [1.82, 2.24) is 0 Å². The number of phenolic OH excluding ortho intramolecular Hbond substituents is 1. The first-order chi connectivity index (χ1) is 12.2. The number of ketones is 1. The van der Waals surface area contributed by atoms with E-state index in [9.17, 15) is 9.90 Å². The minimum Gasteiger partial charge on any atom is -0.507 e. The quantitative estimate of drug-likeness (QED) is 0.240. The predicted molar refractivity (Wildman–Crippen MR) is 136 cm³/mol. The summed E-state index contributed by atoms with van der Waals surface area (Å²) in [5, 5.41) is 13.0. The van der Waals surface area contributed by atoms with Crippen LogP contribution in [-0.4, -0.2) is 24.7 Å². The lowest BCUT2D eigenvalue weighted by atomic mass is 10.1. The zero-order valence-corrected chi connectivity index (χ0v) is 22.0. The molecule has 1 aromatic carbocycles. The number of benzene rings is 1. The summed E-state index contributed by atoms with van der Waals surface area (Å²) in [4.78, 5) is 17.9. The Balaban J connectivity index is 2.09. The monoisotopic (exact) mass is 715 g/mol. The van der Waals surface area contributed by atoms with E-state index in [1.165, 1.54) is 6.45 Å². The Hall–Kier alpha value is -0.0531. The summed E-state index contributed by atoms with van der Waals surface area (Å²) in [5.74, 6) is 0.299. The zero-order chi connectivity index (χ0) is 18.8. The maximum absolute atomic E-state index is 12.0. The second kappa shape index (κ2) is 6.78. The van der Waals surface area contributed by atoms with Crippen LogP contribution in [0.5, 0.6) is 5.75 Å². The lowest BCUT2D eigenvalue weighted by Crippen LogP contribution is -2.50. The molecule has 0 radical (unpaired) electrons. The average Bonchev–Trinajstić information content (AvgIpc) is 2.84. The molecule has 0 amide bonds. The lowest BCUT2D eigenvalue weighted by Gasteiger charge is -2.34. The number of fused-ring (bicyclic) bond motifs is 2. The van der Waals surface area contributed by atoms with Gasteiger partial charge in [0, 0.05) is 9.13 Å². The first-order valence-corrected chi connectivity index (χ1v) is 14.8. The fraction of sp³-hybridized carbons (Fsp3) is 0.111. The molecule has 0 fully saturated rings. The van der Waals surface area contributed by atoms with Gasteiger partial charge in [-0.25, -0.2) is 4.99 Å². The Labute approximate surface area is 197 Å². The Kier molecular flexibility index (Phi) is 5.02. The predicted octanol–water partition coefficient (Wildman–Crippen LogP) is 5.54. The number of halogens is 3. The van der Waals surface area contributed by atoms with Crippen LogP contribution in [0.4, 0.5) is 5.69 Å². The standard InChI is InChI=1S/C18H12I3NO2SSi/c1-26(2)12-7-8(23)3-4-9(12)22-10-5-6-11(24)13(17(10)26)16-14(19)15(20)18(21)25-16/h3-7,24H,1-2H3. The van der Waals surface area contributed by atoms with Gasteiger partial charge in [-0.2, -0.15) is 0 Å². The van der Waals surface area contributed by atoms with Crippen molar-refractivity contribution in [2.45, 2.75) is 13.1 Å². The minimum atomic E-state index is -2.21. The molecule has 1 N–H and O–H groups in total. The van der Waals surface area contributed by atoms with E-state index in [4.69, 9.17) is 4.99 Å². The molecule has 8 heteroatoms. The number of aromatic hydroxyl groups is 1. The van der Waals surface area contributed by atoms with Crippen LogP contribution < -0.4 is 5.19 Å². The Morgan fingerprint density at radius 3 is 2.50 bits per heavy atom. The highest BCUT2D eigenvalue weighted by Crippen LogP contribution is 2.45. The molecular weight excluding hydrogens is 703 g/mol. The number of rotatable bonds is 1. The summed E-state index contributed by atoms with van der Waals surface area (Å²) in [6.45, 7) is 4.47. The SMILES string of the molecule is C[Si]1(C)C2=CC(=O)C=CC2=Nc2ccc(O)c(-c3sc(I)c(I)c3I)c21. The highest BCUT2D eigenvalue weighted by molar-refractivity contribution is 14.1. The zero-order valence-electron chi connectivity index (χ0n) is 13.7. The molecule has 2 aromatic rings. The van der Waals surface area contributed by atoms with Crippen molar-refractivity contribution in [3.8, 4) is 16.2 Å². The smallest absolute Gasteiger partial charge is 0.178 e. The molecule has 0 spiro atoms. The first-order valence-electron chi connectivity index (χ1n) is 7.75. The van der Waals surface area contributed by atoms with E-state index < -0.39 is 8.07 Å². The molecule has 0 saturated heterocycles. The number of aliphatic imine (C=N–C) groups is 1. The van der Waals surface area contributed by atoms with Crippen molar-refractivity contribution in [3.05, 3.63) is 45.6 Å². The molecular formula is C18H12I3NO2SSi. The molecule has 1 aromatic heterocycles. The second-order valence-corrected chi connectivity index (χ2v) is 15.9. The van der Waals surface area contributed by atoms with Gasteiger partial charge < -0.3 is 5.11 Å². The van der Waals surface area contributed by atoms with Gasteiger partial charge in [-0.1, -0.05) is 13.1 Å². The van der Waals surface area contributed by atoms with Crippen molar-refractivity contribution in [3.63, 3.8) is 0 Å². The highest BCUT2D eigenvalue weighted by Gasteiger charge is 2.41. The van der Waals surface area contributed by atoms with Crippen molar-refractivity contribution in [1.29, 1.82) is 0 Å². The minimum absolute atomic E-state index is 0.0134. The van der Waals surface area contributed by atoms with Crippen LogP contribution in [0, 0.1) is 10.0 Å². The van der Waals surface area contributed by atoms with Gasteiger partial charge in [0.1, 0.15) is 13.8 Å². The van der Waals surface area contributed by atoms with E-state index in [1.807, 2.05) is 12.1 Å². The van der Waals surface area contributed by atoms with Crippen LogP contribution in [0.25, 0.3) is 10.4 Å². The van der Waals surface area contributed by atoms with Crippen LogP contribution in [0.1, 0.15) is 0 Å². The molecule has 132 valence electrons. The number of carbonyl (C=O) groups excluding carboxylic acids is 1. The van der Waals surface area contributed by atoms with Gasteiger partial charge in [0.25, 0.3) is 0 Å². The van der Waals surface area contributed by atoms with Crippen molar-refractivity contribution in [2.75, 3.05) is 0 Å². The average molecular weight is 715 g/mol. The molecule has 0 bridgehead atoms. The van der Waals surface area contributed by atoms with Crippen LogP contribution in [0.15, 0.2) is 40.5 Å². The third-order valence-corrected chi connectivity index (χ3v) is 15.3. The maximum atomic E-state index is 12.0. The number of hydrogen-bond donors (Lipinski definition) is 1. The number of phenols is 1. The molecule has 1 aliphatic heterocycles. The van der Waals surface area contributed by atoms with Crippen LogP contribution in [0.3, 0.4) is 0 Å². The summed E-state index contributed by atoms with van der Waals surface area (Å²) >= 11 is 8.76. The Morgan fingerprint density at radius 2 is 1.85 bits per heavy atom. The molecule has 2 heterocycles. The van der Waals surface area contributed by atoms with E-state index in [0.29, 0.717) is 0 Å². The molecule has 0 atom stereocenters. The number of allylic oxidation sites excluding steroid dienone is 4. The lowest BCUT2D eigenvalue weighted by molar-refractivity contribution is -0.110. The van der Waals surface area contributed by atoms with Gasteiger partial charge in [0.05, 0.1) is 22.7 Å². The third-order valence-electron chi connectivity index (χ3n) is 4.65. The van der Waals surface area contributed by atoms with Crippen molar-refractivity contribution < 1.29 is 9.90 Å². The normalized spacial score (nSPS) is 17.5. The van der Waals surface area contributed by atoms with E-state index in [2.05, 4.69) is 80.9 Å². The largest absolute Gasteiger partial charge is 0.507 e. The van der Waals surface area contributed by atoms with Gasteiger partial charge in [-0.15, -0.1) is 11.3 Å². The summed E-state index contributed by atoms with van der Waals surface area (Å²) in [6.07, 6.45) is 5.13. The van der Waals surface area contributed by atoms with Crippen LogP contribution in [-0.2, 0) is 4.79 Å². The van der Waals surface area contributed by atoms with Crippen LogP contribution in [0.2, 0.25) is 13.1 Å². The van der Waals surface area contributed by atoms with Gasteiger partial charge in [0.2, 0.25) is 0 Å². The Bertz CT molecular complexity index is 1080. The summed E-state index contributed by atoms with van der Waals surface area (Å²) in [6, 6.07) is 3.64. The fourth-order valence-corrected chi connectivity index (χ4v) is 10.9. The van der Waals surface area contributed by atoms with E-state index in [-0.39, 0.29) is 11.5 Å². The molecule has 0 unspecified atom stereocenters. The summed E-state index contributed by atoms with van der Waals surface area (Å²) in [5.41, 5.74) is 2.69. The van der Waals surface area contributed by atoms with Crippen molar-refractivity contribution >= 4 is 110 Å². The summed E-state index contributed by atoms with van der Waals surface area (Å²) < 4.78 is 3.60. The van der Waals surface area contributed by atoms with E-state index in [0.717, 1.165) is 35.8 Å². The molecule has 4 rings (SSSR count). The van der Waals surface area contributed by atoms with E-state index >= 15 is 0 Å². The molecule has 26 heavy (non-hydrogen) atoms. The molecule has 1 aliphatic carbocycles. The number of hydrogen-bond acceptors (Lipinski definition) is 4. The van der Waals surface area contributed by atoms with Crippen LogP contribution >= 0.6 is 79.1 Å². The maximum Gasteiger partial charge on any atom is 0.178 e. The number of nitrogens with zero attached hydrogens (tertiary/aromatic N) is 1. The molecule has 3 nitrogen and oxygen atoms in total. The third kappa shape index (κ3) is 2.90. The first kappa shape index (κ1) is 19.3. The second-order valence-electron chi connectivity index (χ2n) is 6.60. The van der Waals surface area contributed by atoms with Gasteiger partial charge in [-0.05, 0) is 109 Å². The topological polar surface area (TPSA) is 49.7 Å². The molecule has 2 aliphatic rings. The van der Waals surface area contributed by atoms with Gasteiger partial charge in [-0.3, -0.25) is 4.79 Å². The fourth-order valence-electron chi connectivity index (χ4n) is 3.44. The Morgan fingerprint density at radius 1 is 1.12 bits per heavy atom.